The second-order valence-corrected chi connectivity index (χ2v) is 11.0. The van der Waals surface area contributed by atoms with Gasteiger partial charge in [-0.05, 0) is 0 Å². The molecule has 0 fully saturated rings. The van der Waals surface area contributed by atoms with E-state index >= 15 is 0 Å². The third kappa shape index (κ3) is 29.7. The quantitative estimate of drug-likeness (QED) is 0.304. The molecule has 0 unspecified atom stereocenters. The van der Waals surface area contributed by atoms with E-state index < -0.39 is 13.2 Å². The van der Waals surface area contributed by atoms with Gasteiger partial charge in [0.15, 0.2) is 0 Å². The van der Waals surface area contributed by atoms with Gasteiger partial charge in [0.05, 0.1) is 59.0 Å². The zero-order chi connectivity index (χ0) is 18.7. The summed E-state index contributed by atoms with van der Waals surface area (Å²) in [4.78, 5) is 10.0. The summed E-state index contributed by atoms with van der Waals surface area (Å²) in [5.41, 5.74) is 0. The van der Waals surface area contributed by atoms with E-state index in [1.165, 1.54) is 6.16 Å². The molecule has 0 spiro atoms. The summed E-state index contributed by atoms with van der Waals surface area (Å²) >= 11 is 0. The lowest BCUT2D eigenvalue weighted by atomic mass is 10.5. The van der Waals surface area contributed by atoms with Gasteiger partial charge >= 0.3 is 0 Å². The summed E-state index contributed by atoms with van der Waals surface area (Å²) in [6, 6.07) is 0. The van der Waals surface area contributed by atoms with Crippen LogP contribution in [0.3, 0.4) is 0 Å². The minimum absolute atomic E-state index is 0.0832. The molecule has 0 aromatic rings. The van der Waals surface area contributed by atoms with Crippen molar-refractivity contribution in [1.29, 1.82) is 0 Å². The monoisotopic (exact) mass is 370 g/mol. The van der Waals surface area contributed by atoms with Gasteiger partial charge in [-0.1, -0.05) is 0 Å². The molecule has 0 heterocycles. The normalized spacial score (nSPS) is 11.0. The van der Waals surface area contributed by atoms with Gasteiger partial charge in [-0.2, -0.15) is 0 Å². The average molecular weight is 370 g/mol. The summed E-state index contributed by atoms with van der Waals surface area (Å²) in [5.74, 6) is -1.10. The van der Waals surface area contributed by atoms with Crippen molar-refractivity contribution in [3.63, 3.8) is 0 Å². The van der Waals surface area contributed by atoms with Crippen molar-refractivity contribution in [3.8, 4) is 0 Å². The Balaban J connectivity index is 0. The fraction of sp³-hybridized carbons (Fsp3) is 0.938. The summed E-state index contributed by atoms with van der Waals surface area (Å²) in [6.45, 7) is 11.0. The molecule has 0 amide bonds. The van der Waals surface area contributed by atoms with Gasteiger partial charge in [-0.25, -0.2) is 0 Å². The average Bonchev–Trinajstić information content (AvgIpc) is 2.50. The molecule has 0 rings (SSSR count). The highest BCUT2D eigenvalue weighted by molar-refractivity contribution is 7.73. The highest BCUT2D eigenvalue weighted by Crippen LogP contribution is 2.45. The van der Waals surface area contributed by atoms with Crippen molar-refractivity contribution >= 4 is 13.2 Å². The van der Waals surface area contributed by atoms with Gasteiger partial charge in [-0.15, -0.1) is 0 Å². The third-order valence-electron chi connectivity index (χ3n) is 2.59. The molecular weight excluding hydrogens is 335 g/mol. The largest absolute Gasteiger partial charge is 0.550 e. The van der Waals surface area contributed by atoms with Crippen LogP contribution in [-0.2, 0) is 28.5 Å². The van der Waals surface area contributed by atoms with Crippen LogP contribution >= 0.6 is 7.26 Å². The van der Waals surface area contributed by atoms with Crippen LogP contribution in [0.15, 0.2) is 0 Å². The number of carboxylic acids is 1. The van der Waals surface area contributed by atoms with Crippen molar-refractivity contribution < 1.29 is 33.6 Å². The highest BCUT2D eigenvalue weighted by atomic mass is 31.2. The Hall–Kier alpha value is -0.300. The lowest BCUT2D eigenvalue weighted by molar-refractivity contribution is -0.306. The van der Waals surface area contributed by atoms with Crippen LogP contribution in [0.4, 0.5) is 0 Å². The van der Waals surface area contributed by atoms with E-state index in [-0.39, 0.29) is 13.0 Å². The maximum Gasteiger partial charge on any atom is 0.0820 e. The molecule has 24 heavy (non-hydrogen) atoms. The van der Waals surface area contributed by atoms with Gasteiger partial charge in [-0.3, -0.25) is 0 Å². The fourth-order valence-electron chi connectivity index (χ4n) is 1.20. The molecule has 0 aliphatic rings. The number of carbonyl (C=O) groups excluding carboxylic acids is 1. The summed E-state index contributed by atoms with van der Waals surface area (Å²) < 4.78 is 25.0. The molecule has 0 aliphatic heterocycles. The van der Waals surface area contributed by atoms with Crippen molar-refractivity contribution in [2.24, 2.45) is 0 Å². The van der Waals surface area contributed by atoms with Gasteiger partial charge in [0.1, 0.15) is 0 Å². The Morgan fingerprint density at radius 3 is 1.50 bits per heavy atom. The molecule has 0 aromatic carbocycles. The topological polar surface area (TPSA) is 86.3 Å². The van der Waals surface area contributed by atoms with Crippen molar-refractivity contribution in [2.75, 3.05) is 93.2 Å². The van der Waals surface area contributed by atoms with Crippen molar-refractivity contribution in [1.82, 2.24) is 0 Å². The maximum absolute atomic E-state index is 10.0. The first-order valence-corrected chi connectivity index (χ1v) is 11.4. The van der Waals surface area contributed by atoms with Crippen molar-refractivity contribution in [2.45, 2.75) is 6.42 Å². The maximum atomic E-state index is 10.0. The van der Waals surface area contributed by atoms with Gasteiger partial charge < -0.3 is 33.6 Å². The first kappa shape index (κ1) is 25.9. The lowest BCUT2D eigenvalue weighted by Gasteiger charge is -2.09. The molecule has 8 heteroatoms. The smallest absolute Gasteiger partial charge is 0.0820 e. The SMILES string of the molecule is COCCOCCOCCOCCC(=O)[O-].COCC[P+](C)(C)C. The van der Waals surface area contributed by atoms with E-state index in [9.17, 15) is 9.90 Å². The van der Waals surface area contributed by atoms with Gasteiger partial charge in [0.2, 0.25) is 0 Å². The van der Waals surface area contributed by atoms with E-state index in [2.05, 4.69) is 20.0 Å². The number of rotatable bonds is 15. The zero-order valence-electron chi connectivity index (χ0n) is 15.9. The third-order valence-corrected chi connectivity index (χ3v) is 4.12. The van der Waals surface area contributed by atoms with Crippen LogP contribution < -0.4 is 5.11 Å². The Morgan fingerprint density at radius 2 is 1.17 bits per heavy atom. The number of carboxylic acid groups (broad SMARTS) is 1. The molecule has 0 N–H and O–H groups in total. The minimum atomic E-state index is -1.10. The predicted octanol–water partition coefficient (Wildman–Crippen LogP) is 0.362. The van der Waals surface area contributed by atoms with E-state index in [4.69, 9.17) is 23.7 Å². The van der Waals surface area contributed by atoms with Crippen LogP contribution in [0.5, 0.6) is 0 Å². The summed E-state index contributed by atoms with van der Waals surface area (Å²) in [5, 5.41) is 10.0. The minimum Gasteiger partial charge on any atom is -0.550 e. The zero-order valence-corrected chi connectivity index (χ0v) is 16.8. The molecule has 0 aliphatic carbocycles. The molecule has 146 valence electrons. The number of ether oxygens (including phenoxy) is 5. The highest BCUT2D eigenvalue weighted by Gasteiger charge is 2.15. The van der Waals surface area contributed by atoms with E-state index in [0.717, 1.165) is 6.61 Å². The Labute approximate surface area is 147 Å². The molecule has 0 aromatic heterocycles. The van der Waals surface area contributed by atoms with Crippen LogP contribution in [0.1, 0.15) is 6.42 Å². The number of aliphatic carboxylic acids is 1. The second kappa shape index (κ2) is 19.0. The lowest BCUT2D eigenvalue weighted by Crippen LogP contribution is -2.24. The summed E-state index contributed by atoms with van der Waals surface area (Å²) in [6.07, 6.45) is 1.17. The molecule has 0 saturated heterocycles. The van der Waals surface area contributed by atoms with Crippen LogP contribution in [-0.4, -0.2) is 99.2 Å². The Morgan fingerprint density at radius 1 is 0.750 bits per heavy atom. The molecule has 7 nitrogen and oxygen atoms in total. The van der Waals surface area contributed by atoms with Crippen LogP contribution in [0.25, 0.3) is 0 Å². The number of hydrogen-bond acceptors (Lipinski definition) is 7. The Bertz CT molecular complexity index is 270. The molecule has 0 atom stereocenters. The number of carbonyl (C=O) groups is 1. The van der Waals surface area contributed by atoms with Gasteiger partial charge in [0.25, 0.3) is 0 Å². The van der Waals surface area contributed by atoms with Crippen LogP contribution in [0, 0.1) is 0 Å². The second-order valence-electron chi connectivity index (χ2n) is 5.96. The molecule has 0 bridgehead atoms. The van der Waals surface area contributed by atoms with E-state index in [1.807, 2.05) is 0 Å². The summed E-state index contributed by atoms with van der Waals surface area (Å²) in [7, 11) is 2.82. The van der Waals surface area contributed by atoms with E-state index in [0.29, 0.717) is 39.6 Å². The number of hydrogen-bond donors (Lipinski definition) is 0. The Kier molecular flexibility index (Phi) is 20.6. The van der Waals surface area contributed by atoms with Crippen LogP contribution in [0.2, 0.25) is 0 Å². The first-order valence-electron chi connectivity index (χ1n) is 8.05. The molecule has 0 radical (unpaired) electrons. The molecule has 0 saturated carbocycles. The van der Waals surface area contributed by atoms with Gasteiger partial charge in [0, 0.05) is 53.9 Å². The van der Waals surface area contributed by atoms with Crippen molar-refractivity contribution in [3.05, 3.63) is 0 Å². The fourth-order valence-corrected chi connectivity index (χ4v) is 1.94. The predicted molar refractivity (Wildman–Crippen MR) is 95.4 cm³/mol. The first-order chi connectivity index (χ1) is 11.3. The molecular formula is C16H35O7P. The number of methoxy groups -OCH3 is 2. The standard InChI is InChI=1S/C10H20O6.C6H16OP/c1-13-4-5-15-8-9-16-7-6-14-3-2-10(11)12;1-7-5-6-8(2,3)4/h2-9H2,1H3,(H,11,12);5-6H2,1-4H3/q;+1/p-1. The van der Waals surface area contributed by atoms with E-state index in [1.54, 1.807) is 14.2 Å².